The highest BCUT2D eigenvalue weighted by Crippen LogP contribution is 2.32. The van der Waals surface area contributed by atoms with Crippen molar-refractivity contribution in [3.05, 3.63) is 53.3 Å². The molecule has 0 saturated carbocycles. The van der Waals surface area contributed by atoms with Crippen molar-refractivity contribution < 1.29 is 9.18 Å². The molecule has 0 atom stereocenters. The molecule has 4 heteroatoms. The molecule has 0 spiro atoms. The molecular formula is C14H8FNOS. The summed E-state index contributed by atoms with van der Waals surface area (Å²) in [7, 11) is 0. The van der Waals surface area contributed by atoms with E-state index in [1.54, 1.807) is 18.2 Å². The second kappa shape index (κ2) is 4.31. The van der Waals surface area contributed by atoms with Gasteiger partial charge in [0.15, 0.2) is 6.29 Å². The minimum atomic E-state index is -0.249. The van der Waals surface area contributed by atoms with Crippen LogP contribution in [0, 0.1) is 5.82 Å². The Labute approximate surface area is 107 Å². The van der Waals surface area contributed by atoms with Crippen LogP contribution in [-0.2, 0) is 0 Å². The highest BCUT2D eigenvalue weighted by Gasteiger charge is 2.10. The van der Waals surface area contributed by atoms with Crippen LogP contribution in [0.1, 0.15) is 9.67 Å². The summed E-state index contributed by atoms with van der Waals surface area (Å²) in [5, 5.41) is 2.11. The minimum Gasteiger partial charge on any atom is -0.297 e. The summed E-state index contributed by atoms with van der Waals surface area (Å²) in [6.07, 6.45) is 2.30. The van der Waals surface area contributed by atoms with E-state index in [2.05, 4.69) is 4.98 Å². The maximum absolute atomic E-state index is 13.7. The fourth-order valence-electron chi connectivity index (χ4n) is 1.91. The van der Waals surface area contributed by atoms with Gasteiger partial charge in [0.2, 0.25) is 0 Å². The van der Waals surface area contributed by atoms with Crippen molar-refractivity contribution in [1.29, 1.82) is 0 Å². The van der Waals surface area contributed by atoms with Gasteiger partial charge in [-0.05, 0) is 17.5 Å². The molecular weight excluding hydrogens is 249 g/mol. The van der Waals surface area contributed by atoms with Crippen molar-refractivity contribution in [2.75, 3.05) is 0 Å². The third-order valence-corrected chi connectivity index (χ3v) is 3.70. The molecule has 0 aliphatic heterocycles. The molecule has 1 aromatic heterocycles. The Bertz CT molecular complexity index is 735. The molecule has 3 aromatic rings. The lowest BCUT2D eigenvalue weighted by Gasteiger charge is -2.04. The summed E-state index contributed by atoms with van der Waals surface area (Å²) in [6.45, 7) is 0. The van der Waals surface area contributed by atoms with E-state index in [0.29, 0.717) is 10.3 Å². The van der Waals surface area contributed by atoms with Crippen LogP contribution in [0.25, 0.3) is 21.3 Å². The molecule has 0 aliphatic rings. The zero-order valence-electron chi connectivity index (χ0n) is 9.26. The van der Waals surface area contributed by atoms with Gasteiger partial charge >= 0.3 is 0 Å². The van der Waals surface area contributed by atoms with Crippen molar-refractivity contribution in [1.82, 2.24) is 4.98 Å². The Morgan fingerprint density at radius 1 is 1.11 bits per heavy atom. The largest absolute Gasteiger partial charge is 0.297 e. The standard InChI is InChI=1S/C14H8FNOS/c15-13-6-5-12(10-3-1-2-4-11(10)13)14-16-7-9(8-17)18-14/h1-8H. The van der Waals surface area contributed by atoms with Gasteiger partial charge < -0.3 is 0 Å². The molecule has 0 aliphatic carbocycles. The van der Waals surface area contributed by atoms with Crippen molar-refractivity contribution in [3.8, 4) is 10.6 Å². The second-order valence-electron chi connectivity index (χ2n) is 3.83. The lowest BCUT2D eigenvalue weighted by atomic mass is 10.0. The third-order valence-electron chi connectivity index (χ3n) is 2.74. The zero-order valence-corrected chi connectivity index (χ0v) is 10.1. The van der Waals surface area contributed by atoms with E-state index in [4.69, 9.17) is 0 Å². The highest BCUT2D eigenvalue weighted by atomic mass is 32.1. The van der Waals surface area contributed by atoms with Gasteiger partial charge in [0.05, 0.1) is 4.88 Å². The van der Waals surface area contributed by atoms with Crippen LogP contribution in [-0.4, -0.2) is 11.3 Å². The molecule has 0 bridgehead atoms. The predicted molar refractivity (Wildman–Crippen MR) is 70.4 cm³/mol. The number of benzene rings is 2. The number of thiazole rings is 1. The van der Waals surface area contributed by atoms with E-state index >= 15 is 0 Å². The van der Waals surface area contributed by atoms with E-state index in [0.717, 1.165) is 22.2 Å². The number of halogens is 1. The molecule has 0 radical (unpaired) electrons. The topological polar surface area (TPSA) is 30.0 Å². The summed E-state index contributed by atoms with van der Waals surface area (Å²) in [5.74, 6) is -0.249. The van der Waals surface area contributed by atoms with Crippen LogP contribution >= 0.6 is 11.3 Å². The van der Waals surface area contributed by atoms with Crippen molar-refractivity contribution in [2.24, 2.45) is 0 Å². The number of aromatic nitrogens is 1. The number of carbonyl (C=O) groups excluding carboxylic acids is 1. The normalized spacial score (nSPS) is 10.7. The van der Waals surface area contributed by atoms with Gasteiger partial charge in [-0.25, -0.2) is 9.37 Å². The Morgan fingerprint density at radius 2 is 1.89 bits per heavy atom. The molecule has 88 valence electrons. The molecule has 3 rings (SSSR count). The van der Waals surface area contributed by atoms with Crippen LogP contribution in [0.5, 0.6) is 0 Å². The Kier molecular flexibility index (Phi) is 2.64. The van der Waals surface area contributed by atoms with Crippen LogP contribution in [0.2, 0.25) is 0 Å². The van der Waals surface area contributed by atoms with Gasteiger partial charge in [-0.15, -0.1) is 11.3 Å². The maximum Gasteiger partial charge on any atom is 0.161 e. The quantitative estimate of drug-likeness (QED) is 0.651. The van der Waals surface area contributed by atoms with Crippen molar-refractivity contribution >= 4 is 28.4 Å². The number of carbonyl (C=O) groups is 1. The van der Waals surface area contributed by atoms with Crippen LogP contribution < -0.4 is 0 Å². The molecule has 0 fully saturated rings. The van der Waals surface area contributed by atoms with Crippen molar-refractivity contribution in [2.45, 2.75) is 0 Å². The highest BCUT2D eigenvalue weighted by molar-refractivity contribution is 7.16. The van der Waals surface area contributed by atoms with Gasteiger partial charge in [-0.1, -0.05) is 24.3 Å². The number of nitrogens with zero attached hydrogens (tertiary/aromatic N) is 1. The van der Waals surface area contributed by atoms with E-state index in [9.17, 15) is 9.18 Å². The van der Waals surface area contributed by atoms with Crippen LogP contribution in [0.3, 0.4) is 0 Å². The van der Waals surface area contributed by atoms with E-state index in [1.165, 1.54) is 23.6 Å². The molecule has 2 aromatic carbocycles. The Hall–Kier alpha value is -2.07. The summed E-state index contributed by atoms with van der Waals surface area (Å²) < 4.78 is 13.7. The van der Waals surface area contributed by atoms with E-state index in [1.807, 2.05) is 12.1 Å². The average molecular weight is 257 g/mol. The molecule has 0 amide bonds. The zero-order chi connectivity index (χ0) is 12.5. The number of rotatable bonds is 2. The number of fused-ring (bicyclic) bond motifs is 1. The number of hydrogen-bond acceptors (Lipinski definition) is 3. The van der Waals surface area contributed by atoms with Crippen LogP contribution in [0.15, 0.2) is 42.6 Å². The summed E-state index contributed by atoms with van der Waals surface area (Å²) in [4.78, 5) is 15.4. The SMILES string of the molecule is O=Cc1cnc(-c2ccc(F)c3ccccc23)s1. The van der Waals surface area contributed by atoms with E-state index < -0.39 is 0 Å². The number of aldehydes is 1. The van der Waals surface area contributed by atoms with Gasteiger partial charge in [-0.3, -0.25) is 4.79 Å². The van der Waals surface area contributed by atoms with Gasteiger partial charge in [0.25, 0.3) is 0 Å². The van der Waals surface area contributed by atoms with Gasteiger partial charge in [0, 0.05) is 17.1 Å². The first-order chi connectivity index (χ1) is 8.79. The first kappa shape index (κ1) is 11.0. The van der Waals surface area contributed by atoms with Crippen molar-refractivity contribution in [3.63, 3.8) is 0 Å². The first-order valence-electron chi connectivity index (χ1n) is 5.38. The molecule has 0 N–H and O–H groups in total. The predicted octanol–water partition coefficient (Wildman–Crippen LogP) is 3.91. The monoisotopic (exact) mass is 257 g/mol. The van der Waals surface area contributed by atoms with E-state index in [-0.39, 0.29) is 5.82 Å². The third kappa shape index (κ3) is 1.71. The maximum atomic E-state index is 13.7. The molecule has 2 nitrogen and oxygen atoms in total. The van der Waals surface area contributed by atoms with Gasteiger partial charge in [0.1, 0.15) is 10.8 Å². The molecule has 0 saturated heterocycles. The molecule has 18 heavy (non-hydrogen) atoms. The summed E-state index contributed by atoms with van der Waals surface area (Å²) in [5.41, 5.74) is 0.852. The smallest absolute Gasteiger partial charge is 0.161 e. The van der Waals surface area contributed by atoms with Gasteiger partial charge in [-0.2, -0.15) is 0 Å². The molecule has 1 heterocycles. The van der Waals surface area contributed by atoms with Crippen LogP contribution in [0.4, 0.5) is 4.39 Å². The number of hydrogen-bond donors (Lipinski definition) is 0. The lowest BCUT2D eigenvalue weighted by Crippen LogP contribution is -1.83. The lowest BCUT2D eigenvalue weighted by molar-refractivity contribution is 0.112. The summed E-state index contributed by atoms with van der Waals surface area (Å²) >= 11 is 1.31. The Balaban J connectivity index is 2.29. The summed E-state index contributed by atoms with van der Waals surface area (Å²) in [6, 6.07) is 10.4. The first-order valence-corrected chi connectivity index (χ1v) is 6.20. The average Bonchev–Trinajstić information content (AvgIpc) is 2.88. The second-order valence-corrected chi connectivity index (χ2v) is 4.89. The minimum absolute atomic E-state index is 0.249. The Morgan fingerprint density at radius 3 is 2.61 bits per heavy atom. The fourth-order valence-corrected chi connectivity index (χ4v) is 2.68. The fraction of sp³-hybridized carbons (Fsp3) is 0. The molecule has 0 unspecified atom stereocenters.